The van der Waals surface area contributed by atoms with E-state index in [-0.39, 0.29) is 12.5 Å². The summed E-state index contributed by atoms with van der Waals surface area (Å²) in [5.41, 5.74) is 1.69. The van der Waals surface area contributed by atoms with E-state index in [2.05, 4.69) is 0 Å². The van der Waals surface area contributed by atoms with E-state index in [1.54, 1.807) is 0 Å². The molecule has 0 aliphatic carbocycles. The Bertz CT molecular complexity index is 505. The van der Waals surface area contributed by atoms with E-state index < -0.39 is 11.6 Å². The molecule has 0 spiro atoms. The standard InChI is InChI=1S/C16H16F2O/c17-15-8-13(9-16(18)10-15)7-14(11-19)6-12-4-2-1-3-5-12/h1-5,8-10,14,19H,6-7,11H2. The largest absolute Gasteiger partial charge is 0.396 e. The van der Waals surface area contributed by atoms with Gasteiger partial charge in [-0.2, -0.15) is 0 Å². The van der Waals surface area contributed by atoms with Crippen molar-refractivity contribution in [3.8, 4) is 0 Å². The monoisotopic (exact) mass is 262 g/mol. The Morgan fingerprint density at radius 2 is 1.42 bits per heavy atom. The van der Waals surface area contributed by atoms with Crippen molar-refractivity contribution >= 4 is 0 Å². The summed E-state index contributed by atoms with van der Waals surface area (Å²) in [5.74, 6) is -1.19. The van der Waals surface area contributed by atoms with Gasteiger partial charge in [-0.05, 0) is 42.0 Å². The van der Waals surface area contributed by atoms with E-state index in [1.165, 1.54) is 12.1 Å². The molecule has 0 aromatic heterocycles. The minimum absolute atomic E-state index is 0.00692. The number of hydrogen-bond acceptors (Lipinski definition) is 1. The molecule has 1 atom stereocenters. The highest BCUT2D eigenvalue weighted by Gasteiger charge is 2.11. The number of aliphatic hydroxyl groups is 1. The second-order valence-electron chi connectivity index (χ2n) is 4.72. The van der Waals surface area contributed by atoms with Crippen molar-refractivity contribution in [2.45, 2.75) is 12.8 Å². The van der Waals surface area contributed by atoms with Gasteiger partial charge in [-0.1, -0.05) is 30.3 Å². The van der Waals surface area contributed by atoms with E-state index in [4.69, 9.17) is 0 Å². The molecule has 0 bridgehead atoms. The van der Waals surface area contributed by atoms with Gasteiger partial charge in [0.25, 0.3) is 0 Å². The molecule has 0 amide bonds. The lowest BCUT2D eigenvalue weighted by Gasteiger charge is -2.14. The molecule has 1 nitrogen and oxygen atoms in total. The first-order valence-corrected chi connectivity index (χ1v) is 6.27. The molecule has 0 saturated carbocycles. The fraction of sp³-hybridized carbons (Fsp3) is 0.250. The van der Waals surface area contributed by atoms with Gasteiger partial charge in [0, 0.05) is 12.7 Å². The SMILES string of the molecule is OCC(Cc1ccccc1)Cc1cc(F)cc(F)c1. The van der Waals surface area contributed by atoms with Crippen LogP contribution < -0.4 is 0 Å². The van der Waals surface area contributed by atoms with Crippen LogP contribution in [0.15, 0.2) is 48.5 Å². The van der Waals surface area contributed by atoms with Crippen LogP contribution in [0.3, 0.4) is 0 Å². The maximum Gasteiger partial charge on any atom is 0.126 e. The third-order valence-corrected chi connectivity index (χ3v) is 3.07. The summed E-state index contributed by atoms with van der Waals surface area (Å²) in [7, 11) is 0. The normalized spacial score (nSPS) is 12.4. The zero-order chi connectivity index (χ0) is 13.7. The fourth-order valence-electron chi connectivity index (χ4n) is 2.21. The van der Waals surface area contributed by atoms with Gasteiger partial charge in [0.15, 0.2) is 0 Å². The van der Waals surface area contributed by atoms with Crippen LogP contribution in [0, 0.1) is 17.6 Å². The lowest BCUT2D eigenvalue weighted by molar-refractivity contribution is 0.225. The van der Waals surface area contributed by atoms with E-state index in [0.29, 0.717) is 18.4 Å². The van der Waals surface area contributed by atoms with Crippen molar-refractivity contribution in [1.29, 1.82) is 0 Å². The molecular formula is C16H16F2O. The quantitative estimate of drug-likeness (QED) is 0.876. The molecule has 0 aliphatic rings. The molecule has 3 heteroatoms. The molecule has 2 aromatic carbocycles. The summed E-state index contributed by atoms with van der Waals surface area (Å²) in [6.45, 7) is -0.00692. The zero-order valence-corrected chi connectivity index (χ0v) is 10.5. The van der Waals surface area contributed by atoms with Gasteiger partial charge < -0.3 is 5.11 Å². The highest BCUT2D eigenvalue weighted by atomic mass is 19.1. The molecule has 0 aliphatic heterocycles. The summed E-state index contributed by atoms with van der Waals surface area (Å²) in [4.78, 5) is 0. The summed E-state index contributed by atoms with van der Waals surface area (Å²) in [5, 5.41) is 9.40. The van der Waals surface area contributed by atoms with Crippen molar-refractivity contribution < 1.29 is 13.9 Å². The summed E-state index contributed by atoms with van der Waals surface area (Å²) in [6.07, 6.45) is 1.15. The average Bonchev–Trinajstić information content (AvgIpc) is 2.38. The van der Waals surface area contributed by atoms with Crippen LogP contribution >= 0.6 is 0 Å². The second-order valence-corrected chi connectivity index (χ2v) is 4.72. The maximum absolute atomic E-state index is 13.1. The van der Waals surface area contributed by atoms with Crippen LogP contribution in [-0.2, 0) is 12.8 Å². The number of aliphatic hydroxyl groups excluding tert-OH is 1. The highest BCUT2D eigenvalue weighted by molar-refractivity contribution is 5.20. The Morgan fingerprint density at radius 1 is 0.842 bits per heavy atom. The molecule has 0 saturated heterocycles. The summed E-state index contributed by atoms with van der Waals surface area (Å²) >= 11 is 0. The Labute approximate surface area is 111 Å². The van der Waals surface area contributed by atoms with E-state index >= 15 is 0 Å². The van der Waals surface area contributed by atoms with Crippen LogP contribution in [0.4, 0.5) is 8.78 Å². The van der Waals surface area contributed by atoms with Crippen molar-refractivity contribution in [2.24, 2.45) is 5.92 Å². The molecule has 1 N–H and O–H groups in total. The van der Waals surface area contributed by atoms with E-state index in [1.807, 2.05) is 30.3 Å². The lowest BCUT2D eigenvalue weighted by atomic mass is 9.93. The number of halogens is 2. The van der Waals surface area contributed by atoms with Crippen LogP contribution in [0.5, 0.6) is 0 Å². The lowest BCUT2D eigenvalue weighted by Crippen LogP contribution is -2.13. The minimum Gasteiger partial charge on any atom is -0.396 e. The van der Waals surface area contributed by atoms with E-state index in [9.17, 15) is 13.9 Å². The van der Waals surface area contributed by atoms with Crippen LogP contribution in [0.2, 0.25) is 0 Å². The van der Waals surface area contributed by atoms with Crippen LogP contribution in [-0.4, -0.2) is 11.7 Å². The first-order valence-electron chi connectivity index (χ1n) is 6.27. The predicted octanol–water partition coefficient (Wildman–Crippen LogP) is 3.36. The fourth-order valence-corrected chi connectivity index (χ4v) is 2.21. The molecular weight excluding hydrogens is 246 g/mol. The summed E-state index contributed by atoms with van der Waals surface area (Å²) in [6, 6.07) is 13.3. The van der Waals surface area contributed by atoms with Gasteiger partial charge in [-0.15, -0.1) is 0 Å². The summed E-state index contributed by atoms with van der Waals surface area (Å²) < 4.78 is 26.2. The van der Waals surface area contributed by atoms with Gasteiger partial charge in [0.05, 0.1) is 0 Å². The number of benzene rings is 2. The average molecular weight is 262 g/mol. The van der Waals surface area contributed by atoms with E-state index in [0.717, 1.165) is 11.6 Å². The maximum atomic E-state index is 13.1. The van der Waals surface area contributed by atoms with Gasteiger partial charge in [-0.25, -0.2) is 8.78 Å². The minimum atomic E-state index is -0.577. The zero-order valence-electron chi connectivity index (χ0n) is 10.5. The molecule has 1 unspecified atom stereocenters. The molecule has 2 aromatic rings. The van der Waals surface area contributed by atoms with Gasteiger partial charge >= 0.3 is 0 Å². The Balaban J connectivity index is 2.06. The molecule has 0 heterocycles. The second kappa shape index (κ2) is 6.43. The molecule has 2 rings (SSSR count). The highest BCUT2D eigenvalue weighted by Crippen LogP contribution is 2.16. The van der Waals surface area contributed by atoms with Crippen molar-refractivity contribution in [2.75, 3.05) is 6.61 Å². The molecule has 0 radical (unpaired) electrons. The van der Waals surface area contributed by atoms with Gasteiger partial charge in [0.2, 0.25) is 0 Å². The third kappa shape index (κ3) is 4.14. The predicted molar refractivity (Wildman–Crippen MR) is 70.8 cm³/mol. The first kappa shape index (κ1) is 13.7. The van der Waals surface area contributed by atoms with Gasteiger partial charge in [0.1, 0.15) is 11.6 Å². The Kier molecular flexibility index (Phi) is 4.63. The number of rotatable bonds is 5. The number of hydrogen-bond donors (Lipinski definition) is 1. The molecule has 19 heavy (non-hydrogen) atoms. The Hall–Kier alpha value is -1.74. The van der Waals surface area contributed by atoms with Crippen LogP contribution in [0.1, 0.15) is 11.1 Å². The topological polar surface area (TPSA) is 20.2 Å². The molecule has 100 valence electrons. The Morgan fingerprint density at radius 3 is 2.00 bits per heavy atom. The molecule has 0 fully saturated rings. The smallest absolute Gasteiger partial charge is 0.126 e. The van der Waals surface area contributed by atoms with Crippen molar-refractivity contribution in [3.05, 3.63) is 71.3 Å². The third-order valence-electron chi connectivity index (χ3n) is 3.07. The van der Waals surface area contributed by atoms with Crippen LogP contribution in [0.25, 0.3) is 0 Å². The van der Waals surface area contributed by atoms with Crippen molar-refractivity contribution in [3.63, 3.8) is 0 Å². The van der Waals surface area contributed by atoms with Crippen molar-refractivity contribution in [1.82, 2.24) is 0 Å². The van der Waals surface area contributed by atoms with Gasteiger partial charge in [-0.3, -0.25) is 0 Å². The first-order chi connectivity index (χ1) is 9.17.